The Morgan fingerprint density at radius 2 is 2.25 bits per heavy atom. The Kier molecular flexibility index (Phi) is 2.85. The molecule has 0 aliphatic carbocycles. The summed E-state index contributed by atoms with van der Waals surface area (Å²) in [6.45, 7) is 1.67. The van der Waals surface area contributed by atoms with Gasteiger partial charge in [0.15, 0.2) is 0 Å². The number of rotatable bonds is 1. The van der Waals surface area contributed by atoms with Crippen LogP contribution in [0.25, 0.3) is 0 Å². The van der Waals surface area contributed by atoms with Crippen molar-refractivity contribution in [2.45, 2.75) is 13.0 Å². The topological polar surface area (TPSA) is 44.0 Å². The molecule has 62 valence electrons. The van der Waals surface area contributed by atoms with Crippen molar-refractivity contribution in [1.29, 1.82) is 5.26 Å². The standard InChI is InChI=1S/C9H8BrNO/c1-6(12)7-2-3-9(10)8(4-7)5-11/h2-4,6,12H,1H3/t6-/m1/s1. The minimum Gasteiger partial charge on any atom is -0.389 e. The first-order chi connectivity index (χ1) is 5.65. The maximum atomic E-state index is 9.21. The first-order valence-electron chi connectivity index (χ1n) is 3.52. The van der Waals surface area contributed by atoms with Crippen molar-refractivity contribution in [2.24, 2.45) is 0 Å². The summed E-state index contributed by atoms with van der Waals surface area (Å²) in [6.07, 6.45) is -0.523. The van der Waals surface area contributed by atoms with E-state index < -0.39 is 6.10 Å². The Morgan fingerprint density at radius 1 is 1.58 bits per heavy atom. The maximum Gasteiger partial charge on any atom is 0.100 e. The fourth-order valence-electron chi connectivity index (χ4n) is 0.888. The summed E-state index contributed by atoms with van der Waals surface area (Å²) >= 11 is 3.24. The monoisotopic (exact) mass is 225 g/mol. The van der Waals surface area contributed by atoms with E-state index in [9.17, 15) is 5.11 Å². The molecule has 0 saturated carbocycles. The van der Waals surface area contributed by atoms with Gasteiger partial charge in [0.1, 0.15) is 6.07 Å². The van der Waals surface area contributed by atoms with Crippen molar-refractivity contribution >= 4 is 15.9 Å². The second kappa shape index (κ2) is 3.70. The zero-order valence-corrected chi connectivity index (χ0v) is 8.17. The van der Waals surface area contributed by atoms with E-state index in [1.807, 2.05) is 6.07 Å². The number of aliphatic hydroxyl groups excluding tert-OH is 1. The molecule has 3 heteroatoms. The smallest absolute Gasteiger partial charge is 0.100 e. The Hall–Kier alpha value is -0.850. The molecule has 0 radical (unpaired) electrons. The zero-order chi connectivity index (χ0) is 9.14. The molecule has 0 unspecified atom stereocenters. The van der Waals surface area contributed by atoms with Gasteiger partial charge < -0.3 is 5.11 Å². The minimum absolute atomic E-state index is 0.523. The van der Waals surface area contributed by atoms with E-state index in [4.69, 9.17) is 5.26 Å². The van der Waals surface area contributed by atoms with Crippen LogP contribution in [0, 0.1) is 11.3 Å². The van der Waals surface area contributed by atoms with Gasteiger partial charge in [-0.3, -0.25) is 0 Å². The Morgan fingerprint density at radius 3 is 2.75 bits per heavy atom. The molecular weight excluding hydrogens is 218 g/mol. The molecule has 0 bridgehead atoms. The highest BCUT2D eigenvalue weighted by Crippen LogP contribution is 2.20. The normalized spacial score (nSPS) is 12.2. The molecule has 2 nitrogen and oxygen atoms in total. The lowest BCUT2D eigenvalue weighted by Crippen LogP contribution is -1.91. The lowest BCUT2D eigenvalue weighted by atomic mass is 10.1. The number of benzene rings is 1. The van der Waals surface area contributed by atoms with E-state index in [2.05, 4.69) is 15.9 Å². The summed E-state index contributed by atoms with van der Waals surface area (Å²) in [5.74, 6) is 0. The maximum absolute atomic E-state index is 9.21. The molecular formula is C9H8BrNO. The summed E-state index contributed by atoms with van der Waals surface area (Å²) in [4.78, 5) is 0. The van der Waals surface area contributed by atoms with Crippen LogP contribution in [0.1, 0.15) is 24.2 Å². The van der Waals surface area contributed by atoms with Gasteiger partial charge >= 0.3 is 0 Å². The Bertz CT molecular complexity index is 328. The fourth-order valence-corrected chi connectivity index (χ4v) is 1.22. The molecule has 1 aromatic carbocycles. The van der Waals surface area contributed by atoms with Crippen LogP contribution in [0.15, 0.2) is 22.7 Å². The van der Waals surface area contributed by atoms with Crippen LogP contribution in [-0.2, 0) is 0 Å². The zero-order valence-electron chi connectivity index (χ0n) is 6.58. The second-order valence-electron chi connectivity index (χ2n) is 2.53. The van der Waals surface area contributed by atoms with E-state index in [0.29, 0.717) is 5.56 Å². The molecule has 0 aliphatic rings. The molecule has 0 saturated heterocycles. The molecule has 0 aromatic heterocycles. The molecule has 12 heavy (non-hydrogen) atoms. The number of nitrogens with zero attached hydrogens (tertiary/aromatic N) is 1. The molecule has 0 spiro atoms. The van der Waals surface area contributed by atoms with Crippen molar-refractivity contribution in [2.75, 3.05) is 0 Å². The van der Waals surface area contributed by atoms with Gasteiger partial charge in [0, 0.05) is 4.47 Å². The number of halogens is 1. The quantitative estimate of drug-likeness (QED) is 0.798. The number of aliphatic hydroxyl groups is 1. The molecule has 0 fully saturated rings. The molecule has 0 heterocycles. The van der Waals surface area contributed by atoms with Gasteiger partial charge in [0.25, 0.3) is 0 Å². The van der Waals surface area contributed by atoms with Crippen LogP contribution < -0.4 is 0 Å². The van der Waals surface area contributed by atoms with Gasteiger partial charge in [-0.2, -0.15) is 5.26 Å². The molecule has 1 rings (SSSR count). The van der Waals surface area contributed by atoms with E-state index in [1.165, 1.54) is 0 Å². The average molecular weight is 226 g/mol. The van der Waals surface area contributed by atoms with E-state index >= 15 is 0 Å². The Balaban J connectivity index is 3.16. The summed E-state index contributed by atoms with van der Waals surface area (Å²) in [5.41, 5.74) is 1.31. The van der Waals surface area contributed by atoms with Crippen LogP contribution in [-0.4, -0.2) is 5.11 Å². The molecule has 0 aliphatic heterocycles. The molecule has 1 aromatic rings. The van der Waals surface area contributed by atoms with Crippen LogP contribution in [0.3, 0.4) is 0 Å². The average Bonchev–Trinajstić information content (AvgIpc) is 2.05. The third-order valence-electron chi connectivity index (χ3n) is 1.59. The first-order valence-corrected chi connectivity index (χ1v) is 4.32. The SMILES string of the molecule is C[C@@H](O)c1ccc(Br)c(C#N)c1. The van der Waals surface area contributed by atoms with Crippen molar-refractivity contribution in [1.82, 2.24) is 0 Å². The third-order valence-corrected chi connectivity index (χ3v) is 2.28. The van der Waals surface area contributed by atoms with Crippen molar-refractivity contribution < 1.29 is 5.11 Å². The predicted octanol–water partition coefficient (Wildman–Crippen LogP) is 2.37. The van der Waals surface area contributed by atoms with Gasteiger partial charge in [0.05, 0.1) is 11.7 Å². The minimum atomic E-state index is -0.523. The van der Waals surface area contributed by atoms with Crippen molar-refractivity contribution in [3.63, 3.8) is 0 Å². The third kappa shape index (κ3) is 1.84. The van der Waals surface area contributed by atoms with E-state index in [0.717, 1.165) is 10.0 Å². The van der Waals surface area contributed by atoms with Crippen molar-refractivity contribution in [3.05, 3.63) is 33.8 Å². The van der Waals surface area contributed by atoms with Crippen molar-refractivity contribution in [3.8, 4) is 6.07 Å². The predicted molar refractivity (Wildman–Crippen MR) is 49.5 cm³/mol. The highest BCUT2D eigenvalue weighted by Gasteiger charge is 2.04. The largest absolute Gasteiger partial charge is 0.389 e. The highest BCUT2D eigenvalue weighted by atomic mass is 79.9. The lowest BCUT2D eigenvalue weighted by molar-refractivity contribution is 0.199. The number of nitriles is 1. The number of hydrogen-bond donors (Lipinski definition) is 1. The Labute approximate surface area is 79.6 Å². The van der Waals surface area contributed by atoms with Gasteiger partial charge in [-0.1, -0.05) is 6.07 Å². The molecule has 1 atom stereocenters. The number of hydrogen-bond acceptors (Lipinski definition) is 2. The van der Waals surface area contributed by atoms with Crippen LogP contribution >= 0.6 is 15.9 Å². The van der Waals surface area contributed by atoms with Crippen LogP contribution in [0.5, 0.6) is 0 Å². The first kappa shape index (κ1) is 9.24. The molecule has 1 N–H and O–H groups in total. The van der Waals surface area contributed by atoms with Crippen LogP contribution in [0.2, 0.25) is 0 Å². The molecule has 0 amide bonds. The summed E-state index contributed by atoms with van der Waals surface area (Å²) in [5, 5.41) is 17.9. The van der Waals surface area contributed by atoms with Gasteiger partial charge in [0.2, 0.25) is 0 Å². The summed E-state index contributed by atoms with van der Waals surface area (Å²) in [6, 6.07) is 7.26. The summed E-state index contributed by atoms with van der Waals surface area (Å²) in [7, 11) is 0. The van der Waals surface area contributed by atoms with Gasteiger partial charge in [-0.05, 0) is 40.5 Å². The summed E-state index contributed by atoms with van der Waals surface area (Å²) < 4.78 is 0.759. The van der Waals surface area contributed by atoms with Gasteiger partial charge in [-0.15, -0.1) is 0 Å². The second-order valence-corrected chi connectivity index (χ2v) is 3.38. The van der Waals surface area contributed by atoms with E-state index in [1.54, 1.807) is 25.1 Å². The lowest BCUT2D eigenvalue weighted by Gasteiger charge is -2.04. The highest BCUT2D eigenvalue weighted by molar-refractivity contribution is 9.10. The van der Waals surface area contributed by atoms with Gasteiger partial charge in [-0.25, -0.2) is 0 Å². The van der Waals surface area contributed by atoms with Crippen LogP contribution in [0.4, 0.5) is 0 Å². The van der Waals surface area contributed by atoms with E-state index in [-0.39, 0.29) is 0 Å². The fraction of sp³-hybridized carbons (Fsp3) is 0.222.